The minimum Gasteiger partial charge on any atom is -0.474 e. The summed E-state index contributed by atoms with van der Waals surface area (Å²) in [7, 11) is 0. The van der Waals surface area contributed by atoms with Gasteiger partial charge in [0, 0.05) is 18.3 Å². The molecule has 2 aliphatic carbocycles. The fourth-order valence-electron chi connectivity index (χ4n) is 3.25. The molecule has 2 aliphatic rings. The zero-order valence-electron chi connectivity index (χ0n) is 13.5. The summed E-state index contributed by atoms with van der Waals surface area (Å²) in [6, 6.07) is 4.46. The second-order valence-electron chi connectivity index (χ2n) is 6.36. The van der Waals surface area contributed by atoms with Gasteiger partial charge in [-0.1, -0.05) is 18.9 Å². The monoisotopic (exact) mass is 430 g/mol. The maximum Gasteiger partial charge on any atom is 0.213 e. The predicted molar refractivity (Wildman–Crippen MR) is 103 cm³/mol. The molecule has 0 aromatic carbocycles. The molecule has 3 rings (SSSR count). The molecule has 2 fully saturated rings. The third-order valence-corrected chi connectivity index (χ3v) is 4.53. The van der Waals surface area contributed by atoms with E-state index >= 15 is 0 Å². The van der Waals surface area contributed by atoms with Crippen molar-refractivity contribution in [2.75, 3.05) is 0 Å². The van der Waals surface area contributed by atoms with Crippen LogP contribution in [0.3, 0.4) is 0 Å². The number of nitrogens with two attached hydrogens (primary N) is 1. The fraction of sp³-hybridized carbons (Fsp3) is 0.647. The lowest BCUT2D eigenvalue weighted by molar-refractivity contribution is 0.201. The van der Waals surface area contributed by atoms with Gasteiger partial charge in [0.05, 0.1) is 6.54 Å². The van der Waals surface area contributed by atoms with Crippen LogP contribution in [-0.2, 0) is 6.54 Å². The minimum atomic E-state index is 0. The summed E-state index contributed by atoms with van der Waals surface area (Å²) in [6.07, 6.45) is 12.0. The number of ether oxygens (including phenoxy) is 1. The van der Waals surface area contributed by atoms with Crippen molar-refractivity contribution in [1.29, 1.82) is 0 Å². The molecule has 1 heterocycles. The molecule has 0 amide bonds. The van der Waals surface area contributed by atoms with Crippen LogP contribution in [0, 0.1) is 0 Å². The van der Waals surface area contributed by atoms with Crippen LogP contribution in [0.1, 0.15) is 56.9 Å². The lowest BCUT2D eigenvalue weighted by Gasteiger charge is -2.13. The Morgan fingerprint density at radius 1 is 1.17 bits per heavy atom. The normalized spacial score (nSPS) is 19.6. The average molecular weight is 430 g/mol. The van der Waals surface area contributed by atoms with Gasteiger partial charge in [-0.15, -0.1) is 24.0 Å². The molecule has 2 saturated carbocycles. The quantitative estimate of drug-likeness (QED) is 0.427. The van der Waals surface area contributed by atoms with Gasteiger partial charge < -0.3 is 15.8 Å². The Hall–Kier alpha value is -1.05. The Morgan fingerprint density at radius 2 is 1.87 bits per heavy atom. The Bertz CT molecular complexity index is 494. The maximum atomic E-state index is 5.93. The topological polar surface area (TPSA) is 72.5 Å². The molecule has 0 atom stereocenters. The molecular weight excluding hydrogens is 403 g/mol. The molecule has 1 aromatic rings. The smallest absolute Gasteiger partial charge is 0.213 e. The number of nitrogens with zero attached hydrogens (tertiary/aromatic N) is 2. The number of hydrogen-bond acceptors (Lipinski definition) is 3. The van der Waals surface area contributed by atoms with Crippen LogP contribution in [-0.4, -0.2) is 23.1 Å². The Balaban J connectivity index is 0.00000192. The van der Waals surface area contributed by atoms with Gasteiger partial charge in [0.1, 0.15) is 6.10 Å². The summed E-state index contributed by atoms with van der Waals surface area (Å²) < 4.78 is 5.86. The first-order valence-electron chi connectivity index (χ1n) is 8.47. The average Bonchev–Trinajstić information content (AvgIpc) is 3.20. The van der Waals surface area contributed by atoms with E-state index < -0.39 is 0 Å². The van der Waals surface area contributed by atoms with Crippen molar-refractivity contribution in [3.05, 3.63) is 23.9 Å². The number of aliphatic imine (C=N–C) groups is 1. The van der Waals surface area contributed by atoms with Gasteiger partial charge in [0.15, 0.2) is 5.96 Å². The van der Waals surface area contributed by atoms with Crippen molar-refractivity contribution in [3.63, 3.8) is 0 Å². The number of halogens is 1. The summed E-state index contributed by atoms with van der Waals surface area (Å²) in [4.78, 5) is 8.76. The standard InChI is InChI=1S/C17H26N4O.HI/c18-17(21-14-5-1-2-6-14)20-12-13-9-10-16(19-11-13)22-15-7-3-4-8-15;/h9-11,14-15H,1-8,12H2,(H3,18,20,21);1H. The summed E-state index contributed by atoms with van der Waals surface area (Å²) in [5, 5.41) is 3.29. The van der Waals surface area contributed by atoms with Crippen molar-refractivity contribution in [3.8, 4) is 5.88 Å². The van der Waals surface area contributed by atoms with Gasteiger partial charge in [-0.3, -0.25) is 0 Å². The second kappa shape index (κ2) is 9.30. The summed E-state index contributed by atoms with van der Waals surface area (Å²) in [6.45, 7) is 0.558. The molecular formula is C17H27IN4O. The van der Waals surface area contributed by atoms with Gasteiger partial charge in [-0.2, -0.15) is 0 Å². The molecule has 0 aliphatic heterocycles. The lowest BCUT2D eigenvalue weighted by Crippen LogP contribution is -2.38. The third-order valence-electron chi connectivity index (χ3n) is 4.53. The number of pyridine rings is 1. The molecule has 1 aromatic heterocycles. The van der Waals surface area contributed by atoms with E-state index in [-0.39, 0.29) is 24.0 Å². The summed E-state index contributed by atoms with van der Waals surface area (Å²) in [5.41, 5.74) is 6.98. The molecule has 0 spiro atoms. The number of guanidine groups is 1. The van der Waals surface area contributed by atoms with Crippen LogP contribution in [0.2, 0.25) is 0 Å². The largest absolute Gasteiger partial charge is 0.474 e. The van der Waals surface area contributed by atoms with Crippen LogP contribution in [0.5, 0.6) is 5.88 Å². The van der Waals surface area contributed by atoms with Gasteiger partial charge >= 0.3 is 0 Å². The first-order chi connectivity index (χ1) is 10.8. The number of nitrogens with one attached hydrogen (secondary N) is 1. The second-order valence-corrected chi connectivity index (χ2v) is 6.36. The Kier molecular flexibility index (Phi) is 7.39. The van der Waals surface area contributed by atoms with E-state index in [2.05, 4.69) is 15.3 Å². The highest BCUT2D eigenvalue weighted by atomic mass is 127. The highest BCUT2D eigenvalue weighted by molar-refractivity contribution is 14.0. The van der Waals surface area contributed by atoms with Gasteiger partial charge in [0.25, 0.3) is 0 Å². The molecule has 128 valence electrons. The van der Waals surface area contributed by atoms with Crippen LogP contribution in [0.4, 0.5) is 0 Å². The molecule has 0 unspecified atom stereocenters. The van der Waals surface area contributed by atoms with Crippen molar-refractivity contribution in [2.24, 2.45) is 10.7 Å². The molecule has 0 radical (unpaired) electrons. The van der Waals surface area contributed by atoms with Crippen LogP contribution in [0.25, 0.3) is 0 Å². The van der Waals surface area contributed by atoms with Crippen molar-refractivity contribution >= 4 is 29.9 Å². The zero-order chi connectivity index (χ0) is 15.2. The number of rotatable bonds is 5. The molecule has 3 N–H and O–H groups in total. The molecule has 0 saturated heterocycles. The number of hydrogen-bond donors (Lipinski definition) is 2. The molecule has 0 bridgehead atoms. The highest BCUT2D eigenvalue weighted by Crippen LogP contribution is 2.23. The van der Waals surface area contributed by atoms with Gasteiger partial charge in [0.2, 0.25) is 5.88 Å². The third kappa shape index (κ3) is 5.82. The van der Waals surface area contributed by atoms with Crippen LogP contribution < -0.4 is 15.8 Å². The van der Waals surface area contributed by atoms with Crippen LogP contribution >= 0.6 is 24.0 Å². The van der Waals surface area contributed by atoms with E-state index in [1.807, 2.05) is 18.3 Å². The van der Waals surface area contributed by atoms with Crippen LogP contribution in [0.15, 0.2) is 23.3 Å². The van der Waals surface area contributed by atoms with E-state index in [1.165, 1.54) is 38.5 Å². The van der Waals surface area contributed by atoms with E-state index in [4.69, 9.17) is 10.5 Å². The first kappa shape index (κ1) is 18.3. The predicted octanol–water partition coefficient (Wildman–Crippen LogP) is 3.37. The molecule has 6 heteroatoms. The van der Waals surface area contributed by atoms with Gasteiger partial charge in [-0.25, -0.2) is 9.98 Å². The van der Waals surface area contributed by atoms with E-state index in [0.717, 1.165) is 24.3 Å². The van der Waals surface area contributed by atoms with Gasteiger partial charge in [-0.05, 0) is 44.1 Å². The number of aromatic nitrogens is 1. The Morgan fingerprint density at radius 3 is 2.52 bits per heavy atom. The zero-order valence-corrected chi connectivity index (χ0v) is 15.9. The van der Waals surface area contributed by atoms with E-state index in [9.17, 15) is 0 Å². The van der Waals surface area contributed by atoms with Crippen molar-refractivity contribution in [1.82, 2.24) is 10.3 Å². The summed E-state index contributed by atoms with van der Waals surface area (Å²) >= 11 is 0. The summed E-state index contributed by atoms with van der Waals surface area (Å²) in [5.74, 6) is 1.26. The van der Waals surface area contributed by atoms with Crippen molar-refractivity contribution < 1.29 is 4.74 Å². The van der Waals surface area contributed by atoms with Crippen molar-refractivity contribution in [2.45, 2.75) is 70.1 Å². The first-order valence-corrected chi connectivity index (χ1v) is 8.47. The lowest BCUT2D eigenvalue weighted by atomic mass is 10.2. The molecule has 23 heavy (non-hydrogen) atoms. The highest BCUT2D eigenvalue weighted by Gasteiger charge is 2.17. The van der Waals surface area contributed by atoms with E-state index in [1.54, 1.807) is 0 Å². The Labute approximate surface area is 155 Å². The van der Waals surface area contributed by atoms with E-state index in [0.29, 0.717) is 24.7 Å². The maximum absolute atomic E-state index is 5.93. The minimum absolute atomic E-state index is 0. The SMILES string of the molecule is I.NC(=NCc1ccc(OC2CCCC2)nc1)NC1CCCC1. The molecule has 5 nitrogen and oxygen atoms in total. The fourth-order valence-corrected chi connectivity index (χ4v) is 3.25.